The van der Waals surface area contributed by atoms with Gasteiger partial charge in [-0.3, -0.25) is 9.69 Å². The van der Waals surface area contributed by atoms with Gasteiger partial charge in [-0.1, -0.05) is 11.6 Å². The number of carbonyl (C=O) groups is 1. The minimum Gasteiger partial charge on any atom is -0.294 e. The summed E-state index contributed by atoms with van der Waals surface area (Å²) in [6.45, 7) is 0.581. The lowest BCUT2D eigenvalue weighted by Gasteiger charge is -2.15. The molecule has 4 nitrogen and oxygen atoms in total. The summed E-state index contributed by atoms with van der Waals surface area (Å²) < 4.78 is 0.476. The average Bonchev–Trinajstić information content (AvgIpc) is 2.60. The Hall–Kier alpha value is -0.390. The van der Waals surface area contributed by atoms with Gasteiger partial charge in [0.15, 0.2) is 10.4 Å². The zero-order valence-electron chi connectivity index (χ0n) is 8.16. The summed E-state index contributed by atoms with van der Waals surface area (Å²) >= 11 is 14.7. The fraction of sp³-hybridized carbons (Fsp3) is 0.444. The number of rotatable bonds is 2. The summed E-state index contributed by atoms with van der Waals surface area (Å²) in [6.07, 6.45) is 1.88. The van der Waals surface area contributed by atoms with Crippen molar-refractivity contribution in [3.05, 3.63) is 16.0 Å². The molecule has 0 spiro atoms. The molecule has 1 aromatic heterocycles. The normalized spacial score (nSPS) is 20.6. The summed E-state index contributed by atoms with van der Waals surface area (Å²) in [4.78, 5) is 21.4. The van der Waals surface area contributed by atoms with Gasteiger partial charge in [0.25, 0.3) is 0 Å². The molecule has 1 aliphatic heterocycles. The molecule has 7 heteroatoms. The maximum Gasteiger partial charge on any atom is 0.228 e. The van der Waals surface area contributed by atoms with Crippen molar-refractivity contribution in [2.75, 3.05) is 17.3 Å². The van der Waals surface area contributed by atoms with Crippen LogP contribution in [0.2, 0.25) is 5.15 Å². The number of aromatic nitrogens is 2. The van der Waals surface area contributed by atoms with Crippen molar-refractivity contribution in [1.82, 2.24) is 9.97 Å². The van der Waals surface area contributed by atoms with Crippen molar-refractivity contribution in [1.29, 1.82) is 0 Å². The SMILES string of the molecule is O=C1CC(CCl)CN1c1ncc(Cl)nc1Br. The van der Waals surface area contributed by atoms with Crippen molar-refractivity contribution < 1.29 is 4.79 Å². The molecular weight excluding hydrogens is 317 g/mol. The second kappa shape index (κ2) is 4.85. The molecule has 1 fully saturated rings. The molecule has 1 unspecified atom stereocenters. The zero-order chi connectivity index (χ0) is 11.7. The Morgan fingerprint density at radius 2 is 2.38 bits per heavy atom. The Morgan fingerprint density at radius 1 is 1.62 bits per heavy atom. The van der Waals surface area contributed by atoms with E-state index in [1.807, 2.05) is 0 Å². The summed E-state index contributed by atoms with van der Waals surface area (Å²) in [5.74, 6) is 1.17. The maximum atomic E-state index is 11.7. The molecule has 2 heterocycles. The molecule has 1 saturated heterocycles. The number of halogens is 3. The van der Waals surface area contributed by atoms with E-state index in [0.29, 0.717) is 29.3 Å². The third-order valence-corrected chi connectivity index (χ3v) is 3.51. The number of anilines is 1. The Balaban J connectivity index is 2.28. The molecule has 0 saturated carbocycles. The van der Waals surface area contributed by atoms with E-state index in [-0.39, 0.29) is 17.0 Å². The molecule has 1 aromatic rings. The van der Waals surface area contributed by atoms with Gasteiger partial charge in [0.05, 0.1) is 6.20 Å². The van der Waals surface area contributed by atoms with Crippen LogP contribution in [-0.2, 0) is 4.79 Å². The van der Waals surface area contributed by atoms with Crippen molar-refractivity contribution in [3.63, 3.8) is 0 Å². The predicted molar refractivity (Wildman–Crippen MR) is 65.9 cm³/mol. The van der Waals surface area contributed by atoms with Gasteiger partial charge in [0.1, 0.15) is 5.15 Å². The van der Waals surface area contributed by atoms with Gasteiger partial charge in [-0.05, 0) is 21.8 Å². The van der Waals surface area contributed by atoms with Crippen LogP contribution in [-0.4, -0.2) is 28.3 Å². The van der Waals surface area contributed by atoms with E-state index in [2.05, 4.69) is 25.9 Å². The third kappa shape index (κ3) is 2.31. The summed E-state index contributed by atoms with van der Waals surface area (Å²) in [5, 5.41) is 0.288. The van der Waals surface area contributed by atoms with Crippen LogP contribution in [0.25, 0.3) is 0 Å². The van der Waals surface area contributed by atoms with E-state index in [0.717, 1.165) is 0 Å². The lowest BCUT2D eigenvalue weighted by molar-refractivity contribution is -0.117. The molecule has 16 heavy (non-hydrogen) atoms. The van der Waals surface area contributed by atoms with Gasteiger partial charge >= 0.3 is 0 Å². The van der Waals surface area contributed by atoms with Crippen molar-refractivity contribution >= 4 is 50.9 Å². The first kappa shape index (κ1) is 12.1. The molecule has 86 valence electrons. The highest BCUT2D eigenvalue weighted by Gasteiger charge is 2.32. The largest absolute Gasteiger partial charge is 0.294 e. The summed E-state index contributed by atoms with van der Waals surface area (Å²) in [7, 11) is 0. The number of nitrogens with zero attached hydrogens (tertiary/aromatic N) is 3. The topological polar surface area (TPSA) is 46.1 Å². The fourth-order valence-electron chi connectivity index (χ4n) is 1.61. The predicted octanol–water partition coefficient (Wildman–Crippen LogP) is 2.48. The standard InChI is InChI=1S/C9H8BrCl2N3O/c10-8-9(13-3-6(12)14-8)15-4-5(2-11)1-7(15)16/h3,5H,1-2,4H2. The Bertz CT molecular complexity index is 429. The average molecular weight is 325 g/mol. The minimum absolute atomic E-state index is 0.0166. The number of carbonyl (C=O) groups excluding carboxylic acids is 1. The second-order valence-corrected chi connectivity index (χ2v) is 4.98. The van der Waals surface area contributed by atoms with Crippen LogP contribution in [0.5, 0.6) is 0 Å². The quantitative estimate of drug-likeness (QED) is 0.785. The van der Waals surface area contributed by atoms with Gasteiger partial charge in [0, 0.05) is 18.8 Å². The molecule has 1 aliphatic rings. The molecule has 2 rings (SSSR count). The highest BCUT2D eigenvalue weighted by atomic mass is 79.9. The van der Waals surface area contributed by atoms with Crippen LogP contribution in [0.15, 0.2) is 10.8 Å². The number of hydrogen-bond acceptors (Lipinski definition) is 3. The molecule has 0 bridgehead atoms. The number of alkyl halides is 1. The Kier molecular flexibility index (Phi) is 3.66. The van der Waals surface area contributed by atoms with Gasteiger partial charge in [-0.25, -0.2) is 9.97 Å². The highest BCUT2D eigenvalue weighted by Crippen LogP contribution is 2.29. The molecule has 0 aromatic carbocycles. The zero-order valence-corrected chi connectivity index (χ0v) is 11.3. The second-order valence-electron chi connectivity index (χ2n) is 3.54. The first-order valence-corrected chi connectivity index (χ1v) is 6.36. The van der Waals surface area contributed by atoms with Crippen LogP contribution in [0.3, 0.4) is 0 Å². The first-order chi connectivity index (χ1) is 7.61. The first-order valence-electron chi connectivity index (χ1n) is 4.66. The van der Waals surface area contributed by atoms with Crippen molar-refractivity contribution in [3.8, 4) is 0 Å². The minimum atomic E-state index is 0.0166. The van der Waals surface area contributed by atoms with E-state index in [1.165, 1.54) is 6.20 Å². The lowest BCUT2D eigenvalue weighted by atomic mass is 10.2. The van der Waals surface area contributed by atoms with Gasteiger partial charge in [-0.15, -0.1) is 11.6 Å². The number of amides is 1. The van der Waals surface area contributed by atoms with Crippen LogP contribution >= 0.6 is 39.1 Å². The van der Waals surface area contributed by atoms with E-state index in [4.69, 9.17) is 23.2 Å². The van der Waals surface area contributed by atoms with Crippen LogP contribution in [0.4, 0.5) is 5.82 Å². The Morgan fingerprint density at radius 3 is 2.94 bits per heavy atom. The monoisotopic (exact) mass is 323 g/mol. The van der Waals surface area contributed by atoms with E-state index in [1.54, 1.807) is 4.90 Å². The Labute approximate surface area is 111 Å². The van der Waals surface area contributed by atoms with Gasteiger partial charge < -0.3 is 0 Å². The molecule has 0 aliphatic carbocycles. The smallest absolute Gasteiger partial charge is 0.228 e. The van der Waals surface area contributed by atoms with E-state index >= 15 is 0 Å². The van der Waals surface area contributed by atoms with Crippen molar-refractivity contribution in [2.45, 2.75) is 6.42 Å². The molecular formula is C9H8BrCl2N3O. The van der Waals surface area contributed by atoms with Crippen LogP contribution in [0, 0.1) is 5.92 Å². The highest BCUT2D eigenvalue weighted by molar-refractivity contribution is 9.10. The molecule has 0 N–H and O–H groups in total. The summed E-state index contributed by atoms with van der Waals surface area (Å²) in [5.41, 5.74) is 0. The van der Waals surface area contributed by atoms with Crippen molar-refractivity contribution in [2.24, 2.45) is 5.92 Å². The summed E-state index contributed by atoms with van der Waals surface area (Å²) in [6, 6.07) is 0. The lowest BCUT2D eigenvalue weighted by Crippen LogP contribution is -2.26. The fourth-order valence-corrected chi connectivity index (χ4v) is 2.56. The van der Waals surface area contributed by atoms with E-state index in [9.17, 15) is 4.79 Å². The molecule has 1 amide bonds. The van der Waals surface area contributed by atoms with E-state index < -0.39 is 0 Å². The van der Waals surface area contributed by atoms with Gasteiger partial charge in [-0.2, -0.15) is 0 Å². The number of hydrogen-bond donors (Lipinski definition) is 0. The van der Waals surface area contributed by atoms with Gasteiger partial charge in [0.2, 0.25) is 5.91 Å². The van der Waals surface area contributed by atoms with Crippen LogP contribution in [0.1, 0.15) is 6.42 Å². The van der Waals surface area contributed by atoms with Crippen LogP contribution < -0.4 is 4.90 Å². The molecule has 0 radical (unpaired) electrons. The third-order valence-electron chi connectivity index (χ3n) is 2.36. The molecule has 1 atom stereocenters. The maximum absolute atomic E-state index is 11.7.